The van der Waals surface area contributed by atoms with Gasteiger partial charge in [-0.1, -0.05) is 6.42 Å². The quantitative estimate of drug-likeness (QED) is 0.813. The number of fused-ring (bicyclic) bond motifs is 1. The Labute approximate surface area is 138 Å². The summed E-state index contributed by atoms with van der Waals surface area (Å²) >= 11 is 0. The third-order valence-corrected chi connectivity index (χ3v) is 5.67. The summed E-state index contributed by atoms with van der Waals surface area (Å²) in [7, 11) is 1.97. The van der Waals surface area contributed by atoms with Crippen molar-refractivity contribution in [2.75, 3.05) is 39.3 Å². The maximum atomic E-state index is 12.6. The van der Waals surface area contributed by atoms with Crippen LogP contribution in [0.25, 0.3) is 0 Å². The molecule has 0 bridgehead atoms. The molecule has 2 fully saturated rings. The summed E-state index contributed by atoms with van der Waals surface area (Å²) in [5, 5.41) is 4.48. The Kier molecular flexibility index (Phi) is 4.11. The van der Waals surface area contributed by atoms with Crippen molar-refractivity contribution in [3.8, 4) is 0 Å². The summed E-state index contributed by atoms with van der Waals surface area (Å²) < 4.78 is 1.88. The van der Waals surface area contributed by atoms with Crippen molar-refractivity contribution < 1.29 is 4.79 Å². The first-order chi connectivity index (χ1) is 11.2. The van der Waals surface area contributed by atoms with E-state index in [1.165, 1.54) is 30.5 Å². The van der Waals surface area contributed by atoms with Gasteiger partial charge in [0.2, 0.25) is 5.91 Å². The highest BCUT2D eigenvalue weighted by Crippen LogP contribution is 2.25. The first-order valence-corrected chi connectivity index (χ1v) is 8.94. The van der Waals surface area contributed by atoms with Crippen molar-refractivity contribution in [2.45, 2.75) is 38.3 Å². The first kappa shape index (κ1) is 15.1. The van der Waals surface area contributed by atoms with Crippen LogP contribution in [-0.2, 0) is 24.8 Å². The van der Waals surface area contributed by atoms with Crippen LogP contribution in [0.2, 0.25) is 0 Å². The fraction of sp³-hybridized carbons (Fsp3) is 0.765. The highest BCUT2D eigenvalue weighted by Gasteiger charge is 2.30. The number of amides is 1. The van der Waals surface area contributed by atoms with E-state index in [9.17, 15) is 4.79 Å². The summed E-state index contributed by atoms with van der Waals surface area (Å²) in [4.78, 5) is 19.5. The van der Waals surface area contributed by atoms with E-state index in [4.69, 9.17) is 0 Å². The maximum absolute atomic E-state index is 12.6. The van der Waals surface area contributed by atoms with Gasteiger partial charge in [-0.3, -0.25) is 19.3 Å². The molecule has 0 unspecified atom stereocenters. The second kappa shape index (κ2) is 6.24. The zero-order valence-corrected chi connectivity index (χ0v) is 14.1. The number of aryl methyl sites for hydroxylation is 1. The van der Waals surface area contributed by atoms with Crippen LogP contribution in [0.4, 0.5) is 0 Å². The largest absolute Gasteiger partial charge is 0.339 e. The van der Waals surface area contributed by atoms with Crippen molar-refractivity contribution >= 4 is 5.91 Å². The molecule has 1 saturated carbocycles. The predicted octanol–water partition coefficient (Wildman–Crippen LogP) is 0.475. The molecule has 2 aliphatic heterocycles. The standard InChI is InChI=1S/C17H27N5O/c1-19-11-14-12-20(6-5-16(14)18-19)13-17(23)22-9-7-21(8-10-22)15-3-2-4-15/h11,15H,2-10,12-13H2,1H3. The molecule has 0 radical (unpaired) electrons. The molecule has 6 heteroatoms. The lowest BCUT2D eigenvalue weighted by molar-refractivity contribution is -0.135. The number of carbonyl (C=O) groups is 1. The Hall–Kier alpha value is -1.40. The summed E-state index contributed by atoms with van der Waals surface area (Å²) in [5.41, 5.74) is 2.48. The average Bonchev–Trinajstić information content (AvgIpc) is 2.85. The fourth-order valence-electron chi connectivity index (χ4n) is 4.02. The molecular weight excluding hydrogens is 290 g/mol. The molecule has 1 aromatic heterocycles. The van der Waals surface area contributed by atoms with Gasteiger partial charge in [-0.2, -0.15) is 5.10 Å². The number of nitrogens with zero attached hydrogens (tertiary/aromatic N) is 5. The average molecular weight is 317 g/mol. The van der Waals surface area contributed by atoms with E-state index in [0.29, 0.717) is 12.5 Å². The monoisotopic (exact) mass is 317 g/mol. The van der Waals surface area contributed by atoms with Crippen molar-refractivity contribution in [3.05, 3.63) is 17.5 Å². The smallest absolute Gasteiger partial charge is 0.236 e. The van der Waals surface area contributed by atoms with Gasteiger partial charge in [0.05, 0.1) is 12.2 Å². The number of rotatable bonds is 3. The normalized spacial score (nSPS) is 23.6. The van der Waals surface area contributed by atoms with Gasteiger partial charge in [0.15, 0.2) is 0 Å². The number of hydrogen-bond acceptors (Lipinski definition) is 4. The molecule has 3 heterocycles. The molecule has 0 N–H and O–H groups in total. The molecule has 6 nitrogen and oxygen atoms in total. The van der Waals surface area contributed by atoms with Crippen LogP contribution in [0.15, 0.2) is 6.20 Å². The lowest BCUT2D eigenvalue weighted by Crippen LogP contribution is -2.55. The zero-order valence-electron chi connectivity index (χ0n) is 14.1. The Bertz CT molecular complexity index is 572. The van der Waals surface area contributed by atoms with Gasteiger partial charge in [-0.25, -0.2) is 0 Å². The van der Waals surface area contributed by atoms with E-state index in [0.717, 1.165) is 51.7 Å². The summed E-state index contributed by atoms with van der Waals surface area (Å²) in [6.07, 6.45) is 7.14. The molecule has 0 aromatic carbocycles. The van der Waals surface area contributed by atoms with Crippen LogP contribution in [0.1, 0.15) is 30.5 Å². The Balaban J connectivity index is 1.27. The van der Waals surface area contributed by atoms with Crippen LogP contribution in [0.5, 0.6) is 0 Å². The minimum Gasteiger partial charge on any atom is -0.339 e. The molecule has 1 aromatic rings. The number of carbonyl (C=O) groups excluding carboxylic acids is 1. The number of hydrogen-bond donors (Lipinski definition) is 0. The molecular formula is C17H27N5O. The van der Waals surface area contributed by atoms with E-state index >= 15 is 0 Å². The van der Waals surface area contributed by atoms with Gasteiger partial charge in [0.1, 0.15) is 0 Å². The Morgan fingerprint density at radius 1 is 1.22 bits per heavy atom. The van der Waals surface area contributed by atoms with E-state index in [2.05, 4.69) is 26.0 Å². The minimum absolute atomic E-state index is 0.297. The highest BCUT2D eigenvalue weighted by atomic mass is 16.2. The van der Waals surface area contributed by atoms with Gasteiger partial charge in [-0.15, -0.1) is 0 Å². The molecule has 23 heavy (non-hydrogen) atoms. The summed E-state index contributed by atoms with van der Waals surface area (Å²) in [5.74, 6) is 0.297. The van der Waals surface area contributed by atoms with E-state index in [-0.39, 0.29) is 0 Å². The Morgan fingerprint density at radius 2 is 2.00 bits per heavy atom. The third kappa shape index (κ3) is 3.15. The maximum Gasteiger partial charge on any atom is 0.236 e. The third-order valence-electron chi connectivity index (χ3n) is 5.67. The number of piperazine rings is 1. The van der Waals surface area contributed by atoms with Crippen LogP contribution < -0.4 is 0 Å². The summed E-state index contributed by atoms with van der Waals surface area (Å²) in [6, 6.07) is 0.804. The predicted molar refractivity (Wildman–Crippen MR) is 88.0 cm³/mol. The van der Waals surface area contributed by atoms with E-state index < -0.39 is 0 Å². The van der Waals surface area contributed by atoms with Gasteiger partial charge in [-0.05, 0) is 12.8 Å². The molecule has 1 aliphatic carbocycles. The Morgan fingerprint density at radius 3 is 2.70 bits per heavy atom. The molecule has 126 valence electrons. The molecule has 1 amide bonds. The lowest BCUT2D eigenvalue weighted by atomic mass is 9.91. The SMILES string of the molecule is Cn1cc2c(n1)CCN(CC(=O)N1CCN(C3CCC3)CC1)C2. The highest BCUT2D eigenvalue weighted by molar-refractivity contribution is 5.78. The lowest BCUT2D eigenvalue weighted by Gasteiger charge is -2.43. The van der Waals surface area contributed by atoms with Gasteiger partial charge in [0.25, 0.3) is 0 Å². The molecule has 0 atom stereocenters. The van der Waals surface area contributed by atoms with Crippen molar-refractivity contribution in [1.29, 1.82) is 0 Å². The molecule has 0 spiro atoms. The van der Waals surface area contributed by atoms with Crippen LogP contribution in [0.3, 0.4) is 0 Å². The van der Waals surface area contributed by atoms with Gasteiger partial charge >= 0.3 is 0 Å². The van der Waals surface area contributed by atoms with Crippen LogP contribution >= 0.6 is 0 Å². The van der Waals surface area contributed by atoms with Crippen LogP contribution in [0, 0.1) is 0 Å². The topological polar surface area (TPSA) is 44.6 Å². The zero-order chi connectivity index (χ0) is 15.8. The van der Waals surface area contributed by atoms with Crippen molar-refractivity contribution in [2.24, 2.45) is 7.05 Å². The second-order valence-electron chi connectivity index (χ2n) is 7.24. The first-order valence-electron chi connectivity index (χ1n) is 8.94. The van der Waals surface area contributed by atoms with Crippen LogP contribution in [-0.4, -0.2) is 75.7 Å². The van der Waals surface area contributed by atoms with E-state index in [1.807, 2.05) is 11.7 Å². The van der Waals surface area contributed by atoms with Gasteiger partial charge in [0, 0.05) is 70.5 Å². The molecule has 3 aliphatic rings. The fourth-order valence-corrected chi connectivity index (χ4v) is 4.02. The molecule has 1 saturated heterocycles. The van der Waals surface area contributed by atoms with Crippen molar-refractivity contribution in [1.82, 2.24) is 24.5 Å². The van der Waals surface area contributed by atoms with Gasteiger partial charge < -0.3 is 4.90 Å². The second-order valence-corrected chi connectivity index (χ2v) is 7.24. The summed E-state index contributed by atoms with van der Waals surface area (Å²) in [6.45, 7) is 6.28. The molecule has 4 rings (SSSR count). The minimum atomic E-state index is 0.297. The number of aromatic nitrogens is 2. The van der Waals surface area contributed by atoms with Crippen molar-refractivity contribution in [3.63, 3.8) is 0 Å². The van der Waals surface area contributed by atoms with E-state index in [1.54, 1.807) is 0 Å².